The van der Waals surface area contributed by atoms with Crippen molar-refractivity contribution >= 4 is 52.9 Å². The molecule has 0 aliphatic carbocycles. The fourth-order valence-corrected chi connectivity index (χ4v) is 3.84. The van der Waals surface area contributed by atoms with Crippen molar-refractivity contribution in [3.63, 3.8) is 0 Å². The van der Waals surface area contributed by atoms with Gasteiger partial charge in [0.25, 0.3) is 5.91 Å². The number of amides is 1. The van der Waals surface area contributed by atoms with Crippen LogP contribution in [-0.2, 0) is 17.6 Å². The molecule has 0 spiro atoms. The number of carbonyl (C=O) groups is 1. The van der Waals surface area contributed by atoms with E-state index in [1.807, 2.05) is 30.5 Å². The summed E-state index contributed by atoms with van der Waals surface area (Å²) in [5.41, 5.74) is 0.844. The number of hydrogen-bond donors (Lipinski definition) is 2. The van der Waals surface area contributed by atoms with E-state index in [1.54, 1.807) is 23.3 Å². The third-order valence-corrected chi connectivity index (χ3v) is 5.67. The van der Waals surface area contributed by atoms with Gasteiger partial charge < -0.3 is 20.3 Å². The van der Waals surface area contributed by atoms with E-state index in [9.17, 15) is 4.79 Å². The van der Waals surface area contributed by atoms with Gasteiger partial charge >= 0.3 is 0 Å². The third-order valence-electron chi connectivity index (χ3n) is 4.46. The average Bonchev–Trinajstić information content (AvgIpc) is 3.19. The lowest BCUT2D eigenvalue weighted by Gasteiger charge is -2.29. The zero-order chi connectivity index (χ0) is 19.8. The van der Waals surface area contributed by atoms with E-state index >= 15 is 0 Å². The second-order valence-electron chi connectivity index (χ2n) is 6.40. The highest BCUT2D eigenvalue weighted by Gasteiger charge is 2.24. The van der Waals surface area contributed by atoms with Gasteiger partial charge in [-0.05, 0) is 25.0 Å². The van der Waals surface area contributed by atoms with Gasteiger partial charge in [-0.25, -0.2) is 4.98 Å². The molecule has 0 radical (unpaired) electrons. The Morgan fingerprint density at radius 3 is 2.86 bits per heavy atom. The SMILES string of the molecule is CCc1cnc(CCNC(=NC)NCCCN2C(=O)COc3ccccc32)s1.I. The standard InChI is InChI=1S/C20H27N5O2S.HI/c1-3-15-13-24-18(28-15)9-11-23-20(21-2)22-10-6-12-25-16-7-4-5-8-17(16)27-14-19(25)26;/h4-5,7-8,13H,3,6,9-12,14H2,1-2H3,(H2,21,22,23);1H. The number of rotatable bonds is 8. The molecule has 158 valence electrons. The Kier molecular flexibility index (Phi) is 9.65. The number of benzene rings is 1. The minimum absolute atomic E-state index is 0. The first-order valence-electron chi connectivity index (χ1n) is 9.61. The number of aryl methyl sites for hydroxylation is 1. The van der Waals surface area contributed by atoms with Crippen LogP contribution in [0.5, 0.6) is 5.75 Å². The molecule has 1 aliphatic rings. The van der Waals surface area contributed by atoms with Crippen LogP contribution in [0.15, 0.2) is 35.5 Å². The topological polar surface area (TPSA) is 78.9 Å². The number of carbonyl (C=O) groups excluding carboxylic acids is 1. The summed E-state index contributed by atoms with van der Waals surface area (Å²) in [6.45, 7) is 4.39. The number of nitrogens with zero attached hydrogens (tertiary/aromatic N) is 3. The maximum atomic E-state index is 12.2. The normalized spacial score (nSPS) is 13.4. The van der Waals surface area contributed by atoms with Gasteiger partial charge in [0.2, 0.25) is 0 Å². The Bertz CT molecular complexity index is 827. The van der Waals surface area contributed by atoms with Crippen LogP contribution in [0.25, 0.3) is 0 Å². The summed E-state index contributed by atoms with van der Waals surface area (Å²) in [5.74, 6) is 1.53. The van der Waals surface area contributed by atoms with Crippen LogP contribution in [0.2, 0.25) is 0 Å². The highest BCUT2D eigenvalue weighted by Crippen LogP contribution is 2.31. The maximum absolute atomic E-state index is 12.2. The molecule has 7 nitrogen and oxygen atoms in total. The fraction of sp³-hybridized carbons (Fsp3) is 0.450. The van der Waals surface area contributed by atoms with Crippen molar-refractivity contribution < 1.29 is 9.53 Å². The summed E-state index contributed by atoms with van der Waals surface area (Å²) in [6, 6.07) is 7.65. The molecule has 0 saturated heterocycles. The number of ether oxygens (including phenoxy) is 1. The van der Waals surface area contributed by atoms with Crippen LogP contribution >= 0.6 is 35.3 Å². The smallest absolute Gasteiger partial charge is 0.265 e. The Balaban J connectivity index is 0.00000300. The number of thiazole rings is 1. The van der Waals surface area contributed by atoms with Crippen LogP contribution in [0.1, 0.15) is 23.2 Å². The van der Waals surface area contributed by atoms with Crippen molar-refractivity contribution in [2.24, 2.45) is 4.99 Å². The van der Waals surface area contributed by atoms with Crippen molar-refractivity contribution in [2.75, 3.05) is 38.2 Å². The number of guanidine groups is 1. The lowest BCUT2D eigenvalue weighted by atomic mass is 10.2. The first kappa shape index (κ1) is 23.4. The average molecular weight is 529 g/mol. The molecule has 3 rings (SSSR count). The molecule has 1 aliphatic heterocycles. The summed E-state index contributed by atoms with van der Waals surface area (Å²) < 4.78 is 5.48. The summed E-state index contributed by atoms with van der Waals surface area (Å²) in [7, 11) is 1.76. The Morgan fingerprint density at radius 1 is 1.31 bits per heavy atom. The highest BCUT2D eigenvalue weighted by molar-refractivity contribution is 14.0. The zero-order valence-electron chi connectivity index (χ0n) is 16.8. The van der Waals surface area contributed by atoms with Gasteiger partial charge in [-0.1, -0.05) is 19.1 Å². The lowest BCUT2D eigenvalue weighted by molar-refractivity contribution is -0.121. The molecule has 9 heteroatoms. The van der Waals surface area contributed by atoms with E-state index in [0.29, 0.717) is 6.54 Å². The molecule has 29 heavy (non-hydrogen) atoms. The Hall–Kier alpha value is -1.88. The number of anilines is 1. The molecule has 1 amide bonds. The Morgan fingerprint density at radius 2 is 2.10 bits per heavy atom. The van der Waals surface area contributed by atoms with E-state index in [-0.39, 0.29) is 36.5 Å². The molecule has 0 unspecified atom stereocenters. The van der Waals surface area contributed by atoms with Gasteiger partial charge in [0.15, 0.2) is 12.6 Å². The van der Waals surface area contributed by atoms with Crippen LogP contribution < -0.4 is 20.3 Å². The zero-order valence-corrected chi connectivity index (χ0v) is 20.0. The molecule has 2 aromatic rings. The summed E-state index contributed by atoms with van der Waals surface area (Å²) in [5, 5.41) is 7.76. The monoisotopic (exact) mass is 529 g/mol. The van der Waals surface area contributed by atoms with Crippen LogP contribution in [0.4, 0.5) is 5.69 Å². The molecular weight excluding hydrogens is 501 g/mol. The molecule has 0 bridgehead atoms. The Labute approximate surface area is 193 Å². The quantitative estimate of drug-likeness (QED) is 0.238. The predicted molar refractivity (Wildman–Crippen MR) is 129 cm³/mol. The van der Waals surface area contributed by atoms with E-state index in [0.717, 1.165) is 54.8 Å². The van der Waals surface area contributed by atoms with Crippen LogP contribution in [-0.4, -0.2) is 50.1 Å². The van der Waals surface area contributed by atoms with Crippen molar-refractivity contribution in [1.82, 2.24) is 15.6 Å². The van der Waals surface area contributed by atoms with E-state index < -0.39 is 0 Å². The van der Waals surface area contributed by atoms with E-state index in [4.69, 9.17) is 4.74 Å². The minimum atomic E-state index is -0.00361. The largest absolute Gasteiger partial charge is 0.482 e. The fourth-order valence-electron chi connectivity index (χ4n) is 2.98. The van der Waals surface area contributed by atoms with Crippen molar-refractivity contribution in [3.8, 4) is 5.75 Å². The molecule has 0 fully saturated rings. The first-order chi connectivity index (χ1) is 13.7. The van der Waals surface area contributed by atoms with E-state index in [1.165, 1.54) is 4.88 Å². The summed E-state index contributed by atoms with van der Waals surface area (Å²) in [4.78, 5) is 24.0. The molecule has 1 aromatic heterocycles. The third kappa shape index (κ3) is 6.56. The molecule has 0 saturated carbocycles. The number of aliphatic imine (C=N–C) groups is 1. The van der Waals surface area contributed by atoms with Gasteiger partial charge in [-0.15, -0.1) is 35.3 Å². The summed E-state index contributed by atoms with van der Waals surface area (Å²) >= 11 is 1.77. The molecular formula is C20H28IN5O2S. The predicted octanol–water partition coefficient (Wildman–Crippen LogP) is 2.85. The van der Waals surface area contributed by atoms with Gasteiger partial charge in [0.05, 0.1) is 10.7 Å². The number of fused-ring (bicyclic) bond motifs is 1. The molecule has 2 heterocycles. The van der Waals surface area contributed by atoms with E-state index in [2.05, 4.69) is 27.5 Å². The second kappa shape index (κ2) is 12.0. The molecule has 0 atom stereocenters. The van der Waals surface area contributed by atoms with Crippen molar-refractivity contribution in [3.05, 3.63) is 40.3 Å². The molecule has 2 N–H and O–H groups in total. The molecule has 1 aromatic carbocycles. The van der Waals surface area contributed by atoms with Crippen molar-refractivity contribution in [2.45, 2.75) is 26.2 Å². The number of halogens is 1. The van der Waals surface area contributed by atoms with Gasteiger partial charge in [-0.2, -0.15) is 0 Å². The number of aromatic nitrogens is 1. The van der Waals surface area contributed by atoms with Crippen molar-refractivity contribution in [1.29, 1.82) is 0 Å². The van der Waals surface area contributed by atoms with Crippen LogP contribution in [0.3, 0.4) is 0 Å². The number of nitrogens with one attached hydrogen (secondary N) is 2. The first-order valence-corrected chi connectivity index (χ1v) is 10.4. The maximum Gasteiger partial charge on any atom is 0.265 e. The second-order valence-corrected chi connectivity index (χ2v) is 7.60. The van der Waals surface area contributed by atoms with Gasteiger partial charge in [0, 0.05) is 44.2 Å². The van der Waals surface area contributed by atoms with Gasteiger partial charge in [-0.3, -0.25) is 9.79 Å². The lowest BCUT2D eigenvalue weighted by Crippen LogP contribution is -2.42. The van der Waals surface area contributed by atoms with Crippen LogP contribution in [0, 0.1) is 0 Å². The van der Waals surface area contributed by atoms with Gasteiger partial charge in [0.1, 0.15) is 5.75 Å². The minimum Gasteiger partial charge on any atom is -0.482 e. The number of hydrogen-bond acceptors (Lipinski definition) is 5. The highest BCUT2D eigenvalue weighted by atomic mass is 127. The summed E-state index contributed by atoms with van der Waals surface area (Å²) in [6.07, 6.45) is 4.68. The number of para-hydroxylation sites is 2.